The van der Waals surface area contributed by atoms with Crippen molar-refractivity contribution in [3.05, 3.63) is 34.8 Å². The van der Waals surface area contributed by atoms with Crippen LogP contribution in [0.2, 0.25) is 0 Å². The molecule has 0 atom stereocenters. The molecule has 0 unspecified atom stereocenters. The third-order valence-electron chi connectivity index (χ3n) is 3.10. The Morgan fingerprint density at radius 2 is 1.80 bits per heavy atom. The van der Waals surface area contributed by atoms with E-state index in [1.807, 2.05) is 33.0 Å². The molecule has 0 aromatic carbocycles. The molecule has 0 aromatic heterocycles. The maximum Gasteiger partial charge on any atom is 0.183 e. The second-order valence-corrected chi connectivity index (χ2v) is 4.29. The van der Waals surface area contributed by atoms with E-state index in [9.17, 15) is 0 Å². The van der Waals surface area contributed by atoms with Gasteiger partial charge in [0.2, 0.25) is 0 Å². The first kappa shape index (κ1) is 18.7. The molecule has 0 aliphatic heterocycles. The van der Waals surface area contributed by atoms with Crippen molar-refractivity contribution in [1.29, 1.82) is 0 Å². The van der Waals surface area contributed by atoms with Gasteiger partial charge in [-0.15, -0.1) is 0 Å². The normalized spacial score (nSPS) is 14.4. The topological polar surface area (TPSA) is 39.7 Å². The van der Waals surface area contributed by atoms with Crippen LogP contribution in [0.15, 0.2) is 34.8 Å². The molecule has 116 valence electrons. The SMILES string of the molecule is CC=C(OCC)/C(=C/C(=C(\C)CC)C(OC)OC)NC. The van der Waals surface area contributed by atoms with E-state index in [-0.39, 0.29) is 6.29 Å². The van der Waals surface area contributed by atoms with Gasteiger partial charge >= 0.3 is 0 Å². The zero-order valence-corrected chi connectivity index (χ0v) is 13.9. The molecule has 0 saturated heterocycles. The molecule has 0 radical (unpaired) electrons. The van der Waals surface area contributed by atoms with Crippen LogP contribution < -0.4 is 5.32 Å². The summed E-state index contributed by atoms with van der Waals surface area (Å²) in [4.78, 5) is 0. The number of likely N-dealkylation sites (N-methyl/N-ethyl adjacent to an activating group) is 1. The second-order valence-electron chi connectivity index (χ2n) is 4.29. The average molecular weight is 283 g/mol. The lowest BCUT2D eigenvalue weighted by molar-refractivity contribution is -0.0732. The molecule has 0 amide bonds. The summed E-state index contributed by atoms with van der Waals surface area (Å²) in [5.74, 6) is 0.822. The summed E-state index contributed by atoms with van der Waals surface area (Å²) in [6, 6.07) is 0. The minimum atomic E-state index is -0.377. The van der Waals surface area contributed by atoms with Crippen molar-refractivity contribution in [2.75, 3.05) is 27.9 Å². The largest absolute Gasteiger partial charge is 0.492 e. The fraction of sp³-hybridized carbons (Fsp3) is 0.625. The third-order valence-corrected chi connectivity index (χ3v) is 3.10. The number of allylic oxidation sites excluding steroid dienone is 2. The monoisotopic (exact) mass is 283 g/mol. The summed E-state index contributed by atoms with van der Waals surface area (Å²) in [5, 5.41) is 3.17. The summed E-state index contributed by atoms with van der Waals surface area (Å²) in [7, 11) is 5.16. The highest BCUT2D eigenvalue weighted by atomic mass is 16.7. The fourth-order valence-corrected chi connectivity index (χ4v) is 1.84. The van der Waals surface area contributed by atoms with Crippen molar-refractivity contribution in [2.45, 2.75) is 40.4 Å². The Labute approximate surface area is 123 Å². The van der Waals surface area contributed by atoms with Gasteiger partial charge in [0.1, 0.15) is 5.76 Å². The maximum atomic E-state index is 5.63. The first-order valence-corrected chi connectivity index (χ1v) is 7.03. The molecule has 0 saturated carbocycles. The van der Waals surface area contributed by atoms with Gasteiger partial charge < -0.3 is 19.5 Å². The van der Waals surface area contributed by atoms with Crippen molar-refractivity contribution in [3.63, 3.8) is 0 Å². The first-order valence-electron chi connectivity index (χ1n) is 7.03. The quantitative estimate of drug-likeness (QED) is 0.400. The Morgan fingerprint density at radius 1 is 1.20 bits per heavy atom. The molecular weight excluding hydrogens is 254 g/mol. The first-order chi connectivity index (χ1) is 9.59. The lowest BCUT2D eigenvalue weighted by Gasteiger charge is -2.20. The lowest BCUT2D eigenvalue weighted by Crippen LogP contribution is -2.19. The Hall–Kier alpha value is -1.26. The average Bonchev–Trinajstić information content (AvgIpc) is 2.48. The van der Waals surface area contributed by atoms with E-state index < -0.39 is 0 Å². The van der Waals surface area contributed by atoms with Crippen LogP contribution in [0.1, 0.15) is 34.1 Å². The van der Waals surface area contributed by atoms with Gasteiger partial charge in [-0.2, -0.15) is 0 Å². The number of methoxy groups -OCH3 is 2. The van der Waals surface area contributed by atoms with Crippen LogP contribution in [0.25, 0.3) is 0 Å². The summed E-state index contributed by atoms with van der Waals surface area (Å²) in [5.41, 5.74) is 3.15. The standard InChI is InChI=1S/C16H29NO3/c1-8-12(4)13(16(18-6)19-7)11-14(17-5)15(9-2)20-10-3/h9,11,16-17H,8,10H2,1-7H3/b13-12-,14-11-,15-9?. The highest BCUT2D eigenvalue weighted by Gasteiger charge is 2.15. The van der Waals surface area contributed by atoms with E-state index in [0.717, 1.165) is 23.5 Å². The van der Waals surface area contributed by atoms with Crippen LogP contribution in [-0.2, 0) is 14.2 Å². The van der Waals surface area contributed by atoms with Crippen LogP contribution in [0.5, 0.6) is 0 Å². The number of hydrogen-bond donors (Lipinski definition) is 1. The minimum Gasteiger partial charge on any atom is -0.492 e. The van der Waals surface area contributed by atoms with Gasteiger partial charge in [-0.25, -0.2) is 0 Å². The second kappa shape index (κ2) is 10.5. The van der Waals surface area contributed by atoms with Crippen molar-refractivity contribution in [2.24, 2.45) is 0 Å². The van der Waals surface area contributed by atoms with E-state index in [2.05, 4.69) is 19.2 Å². The lowest BCUT2D eigenvalue weighted by atomic mass is 10.0. The van der Waals surface area contributed by atoms with Crippen molar-refractivity contribution >= 4 is 0 Å². The molecule has 0 aliphatic rings. The van der Waals surface area contributed by atoms with Gasteiger partial charge in [0, 0.05) is 26.8 Å². The highest BCUT2D eigenvalue weighted by molar-refractivity contribution is 5.36. The molecule has 0 rings (SSSR count). The van der Waals surface area contributed by atoms with Crippen LogP contribution in [0.4, 0.5) is 0 Å². The smallest absolute Gasteiger partial charge is 0.183 e. The summed E-state index contributed by atoms with van der Waals surface area (Å²) in [6.45, 7) is 8.75. The molecule has 20 heavy (non-hydrogen) atoms. The predicted molar refractivity (Wildman–Crippen MR) is 83.3 cm³/mol. The van der Waals surface area contributed by atoms with Crippen LogP contribution in [0, 0.1) is 0 Å². The Balaban J connectivity index is 5.64. The van der Waals surface area contributed by atoms with Gasteiger partial charge in [0.05, 0.1) is 12.3 Å². The summed E-state index contributed by atoms with van der Waals surface area (Å²) in [6.07, 6.45) is 4.53. The molecule has 1 N–H and O–H groups in total. The Kier molecular flexibility index (Phi) is 9.86. The van der Waals surface area contributed by atoms with E-state index >= 15 is 0 Å². The third kappa shape index (κ3) is 5.39. The van der Waals surface area contributed by atoms with Gasteiger partial charge in [-0.05, 0) is 39.3 Å². The van der Waals surface area contributed by atoms with Crippen molar-refractivity contribution in [1.82, 2.24) is 5.32 Å². The van der Waals surface area contributed by atoms with Crippen molar-refractivity contribution in [3.8, 4) is 0 Å². The van der Waals surface area contributed by atoms with Crippen LogP contribution >= 0.6 is 0 Å². The number of hydrogen-bond acceptors (Lipinski definition) is 4. The van der Waals surface area contributed by atoms with E-state index in [4.69, 9.17) is 14.2 Å². The van der Waals surface area contributed by atoms with Crippen molar-refractivity contribution < 1.29 is 14.2 Å². The molecule has 0 spiro atoms. The Bertz CT molecular complexity index is 366. The molecule has 4 heteroatoms. The van der Waals surface area contributed by atoms with E-state index in [0.29, 0.717) is 6.61 Å². The Morgan fingerprint density at radius 3 is 2.15 bits per heavy atom. The van der Waals surface area contributed by atoms with Gasteiger partial charge in [-0.1, -0.05) is 12.5 Å². The molecule has 0 fully saturated rings. The molecule has 0 aliphatic carbocycles. The zero-order valence-electron chi connectivity index (χ0n) is 13.9. The summed E-state index contributed by atoms with van der Waals surface area (Å²) >= 11 is 0. The highest BCUT2D eigenvalue weighted by Crippen LogP contribution is 2.20. The molecular formula is C16H29NO3. The zero-order chi connectivity index (χ0) is 15.5. The van der Waals surface area contributed by atoms with Gasteiger partial charge in [-0.3, -0.25) is 0 Å². The minimum absolute atomic E-state index is 0.377. The van der Waals surface area contributed by atoms with Gasteiger partial charge in [0.25, 0.3) is 0 Å². The number of ether oxygens (including phenoxy) is 3. The maximum absolute atomic E-state index is 5.63. The molecule has 4 nitrogen and oxygen atoms in total. The molecule has 0 heterocycles. The predicted octanol–water partition coefficient (Wildman–Crippen LogP) is 3.38. The number of nitrogens with one attached hydrogen (secondary N) is 1. The fourth-order valence-electron chi connectivity index (χ4n) is 1.84. The summed E-state index contributed by atoms with van der Waals surface area (Å²) < 4.78 is 16.4. The van der Waals surface area contributed by atoms with Crippen LogP contribution in [0.3, 0.4) is 0 Å². The number of rotatable bonds is 9. The van der Waals surface area contributed by atoms with E-state index in [1.54, 1.807) is 14.2 Å². The van der Waals surface area contributed by atoms with Crippen LogP contribution in [-0.4, -0.2) is 34.2 Å². The van der Waals surface area contributed by atoms with Gasteiger partial charge in [0.15, 0.2) is 6.29 Å². The van der Waals surface area contributed by atoms with E-state index in [1.165, 1.54) is 5.57 Å². The molecule has 0 aromatic rings. The molecule has 0 bridgehead atoms.